The minimum atomic E-state index is -0.185. The highest BCUT2D eigenvalue weighted by Gasteiger charge is 2.10. The normalized spacial score (nSPS) is 15.2. The molecule has 0 aromatic heterocycles. The van der Waals surface area contributed by atoms with Gasteiger partial charge in [0.05, 0.1) is 42.3 Å². The molecule has 0 spiro atoms. The number of aliphatic hydroxyl groups excluding tert-OH is 2. The maximum Gasteiger partial charge on any atom is 0.104 e. The topological polar surface area (TPSA) is 69.0 Å². The van der Waals surface area contributed by atoms with E-state index in [1.807, 2.05) is 13.8 Å². The van der Waals surface area contributed by atoms with Gasteiger partial charge >= 0.3 is 0 Å². The van der Waals surface area contributed by atoms with Crippen LogP contribution in [0, 0.1) is 0 Å². The standard InChI is InChI=1S/2C6H16NO.O/c2*1-6(8)5-7(2,3)4;/h2*6,8H,5H2,1-4H3;/q2*+1;-2. The highest BCUT2D eigenvalue weighted by molar-refractivity contribution is 4.39. The van der Waals surface area contributed by atoms with Crippen molar-refractivity contribution in [1.29, 1.82) is 0 Å². The van der Waals surface area contributed by atoms with E-state index in [4.69, 9.17) is 10.2 Å². The zero-order valence-corrected chi connectivity index (χ0v) is 12.8. The summed E-state index contributed by atoms with van der Waals surface area (Å²) in [5.41, 5.74) is 0. The SMILES string of the molecule is CC(O)C[N+](C)(C)C.CC(O)C[N+](C)(C)C.[O-2]. The summed E-state index contributed by atoms with van der Waals surface area (Å²) in [7, 11) is 12.4. The second kappa shape index (κ2) is 8.83. The highest BCUT2D eigenvalue weighted by atomic mass is 16.3. The second-order valence-electron chi connectivity index (χ2n) is 6.64. The molecular formula is C12H32N2O3. The fourth-order valence-electron chi connectivity index (χ4n) is 1.59. The van der Waals surface area contributed by atoms with Gasteiger partial charge in [-0.15, -0.1) is 0 Å². The summed E-state index contributed by atoms with van der Waals surface area (Å²) in [6.45, 7) is 5.26. The van der Waals surface area contributed by atoms with Crippen molar-refractivity contribution in [2.45, 2.75) is 26.1 Å². The fraction of sp³-hybridized carbons (Fsp3) is 1.00. The maximum atomic E-state index is 8.87. The van der Waals surface area contributed by atoms with Gasteiger partial charge in [0, 0.05) is 0 Å². The molecule has 0 aromatic rings. The van der Waals surface area contributed by atoms with Gasteiger partial charge < -0.3 is 24.7 Å². The number of aliphatic hydroxyl groups is 2. The largest absolute Gasteiger partial charge is 2.00 e. The quantitative estimate of drug-likeness (QED) is 0.693. The summed E-state index contributed by atoms with van der Waals surface area (Å²) in [5, 5.41) is 17.7. The Morgan fingerprint density at radius 3 is 0.882 bits per heavy atom. The molecule has 5 nitrogen and oxygen atoms in total. The lowest BCUT2D eigenvalue weighted by molar-refractivity contribution is -0.873. The summed E-state index contributed by atoms with van der Waals surface area (Å²) in [6, 6.07) is 0. The summed E-state index contributed by atoms with van der Waals surface area (Å²) in [6.07, 6.45) is -0.370. The molecule has 108 valence electrons. The molecule has 0 amide bonds. The molecule has 2 unspecified atom stereocenters. The van der Waals surface area contributed by atoms with Crippen LogP contribution in [0.2, 0.25) is 0 Å². The van der Waals surface area contributed by atoms with Crippen LogP contribution in [0.25, 0.3) is 0 Å². The zero-order valence-electron chi connectivity index (χ0n) is 12.8. The van der Waals surface area contributed by atoms with Gasteiger partial charge in [-0.2, -0.15) is 0 Å². The van der Waals surface area contributed by atoms with Crippen molar-refractivity contribution in [1.82, 2.24) is 0 Å². The van der Waals surface area contributed by atoms with Crippen LogP contribution < -0.4 is 0 Å². The van der Waals surface area contributed by atoms with E-state index in [0.29, 0.717) is 0 Å². The molecule has 0 aliphatic rings. The molecule has 0 aliphatic carbocycles. The lowest BCUT2D eigenvalue weighted by Crippen LogP contribution is -2.40. The monoisotopic (exact) mass is 252 g/mol. The number of nitrogens with zero attached hydrogens (tertiary/aromatic N) is 2. The van der Waals surface area contributed by atoms with Crippen LogP contribution in [0.1, 0.15) is 13.8 Å². The Bertz CT molecular complexity index is 150. The summed E-state index contributed by atoms with van der Waals surface area (Å²) >= 11 is 0. The first-order valence-electron chi connectivity index (χ1n) is 5.80. The third-order valence-electron chi connectivity index (χ3n) is 1.62. The second-order valence-corrected chi connectivity index (χ2v) is 6.64. The van der Waals surface area contributed by atoms with Crippen molar-refractivity contribution in [3.63, 3.8) is 0 Å². The van der Waals surface area contributed by atoms with Crippen LogP contribution in [-0.4, -0.2) is 86.8 Å². The third-order valence-corrected chi connectivity index (χ3v) is 1.62. The van der Waals surface area contributed by atoms with Crippen LogP contribution in [0.4, 0.5) is 0 Å². The minimum absolute atomic E-state index is 0. The molecule has 0 bridgehead atoms. The number of likely N-dealkylation sites (N-methyl/N-ethyl adjacent to an activating group) is 2. The van der Waals surface area contributed by atoms with Crippen molar-refractivity contribution >= 4 is 0 Å². The third kappa shape index (κ3) is 31.3. The van der Waals surface area contributed by atoms with Gasteiger partial charge in [-0.25, -0.2) is 0 Å². The molecular weight excluding hydrogens is 220 g/mol. The number of hydrogen-bond acceptors (Lipinski definition) is 2. The van der Waals surface area contributed by atoms with Gasteiger partial charge in [0.25, 0.3) is 0 Å². The van der Waals surface area contributed by atoms with Gasteiger partial charge in [0.2, 0.25) is 0 Å². The molecule has 2 N–H and O–H groups in total. The van der Waals surface area contributed by atoms with E-state index in [1.54, 1.807) is 0 Å². The lowest BCUT2D eigenvalue weighted by Gasteiger charge is -2.24. The predicted octanol–water partition coefficient (Wildman–Crippen LogP) is 0.0280. The Morgan fingerprint density at radius 2 is 0.882 bits per heavy atom. The molecule has 0 fully saturated rings. The van der Waals surface area contributed by atoms with Gasteiger partial charge in [-0.05, 0) is 13.8 Å². The first-order chi connectivity index (χ1) is 6.83. The van der Waals surface area contributed by atoms with E-state index in [-0.39, 0.29) is 17.7 Å². The van der Waals surface area contributed by atoms with Crippen LogP contribution in [0.3, 0.4) is 0 Å². The minimum Gasteiger partial charge on any atom is -2.00 e. The Balaban J connectivity index is -0.000000218. The number of rotatable bonds is 4. The van der Waals surface area contributed by atoms with E-state index in [9.17, 15) is 0 Å². The molecule has 0 radical (unpaired) electrons. The van der Waals surface area contributed by atoms with Crippen molar-refractivity contribution in [2.75, 3.05) is 55.4 Å². The Morgan fingerprint density at radius 1 is 0.706 bits per heavy atom. The smallest absolute Gasteiger partial charge is 0.104 e. The molecule has 0 saturated carbocycles. The average Bonchev–Trinajstić information content (AvgIpc) is 1.72. The Labute approximate surface area is 107 Å². The van der Waals surface area contributed by atoms with E-state index >= 15 is 0 Å². The molecule has 0 saturated heterocycles. The maximum absolute atomic E-state index is 8.87. The molecule has 0 aliphatic heterocycles. The van der Waals surface area contributed by atoms with Gasteiger partial charge in [0.1, 0.15) is 25.3 Å². The highest BCUT2D eigenvalue weighted by Crippen LogP contribution is 1.92. The molecule has 17 heavy (non-hydrogen) atoms. The molecule has 5 heteroatoms. The number of hydrogen-bond donors (Lipinski definition) is 2. The lowest BCUT2D eigenvalue weighted by atomic mass is 10.3. The van der Waals surface area contributed by atoms with Crippen LogP contribution in [0.5, 0.6) is 0 Å². The number of quaternary nitrogens is 2. The van der Waals surface area contributed by atoms with Crippen molar-refractivity contribution in [3.05, 3.63) is 0 Å². The predicted molar refractivity (Wildman–Crippen MR) is 69.8 cm³/mol. The van der Waals surface area contributed by atoms with Gasteiger partial charge in [-0.1, -0.05) is 0 Å². The van der Waals surface area contributed by atoms with Crippen molar-refractivity contribution in [2.24, 2.45) is 0 Å². The fourth-order valence-corrected chi connectivity index (χ4v) is 1.59. The molecule has 0 rings (SSSR count). The van der Waals surface area contributed by atoms with E-state index < -0.39 is 0 Å². The first kappa shape index (κ1) is 22.0. The summed E-state index contributed by atoms with van der Waals surface area (Å²) in [4.78, 5) is 0. The van der Waals surface area contributed by atoms with Crippen LogP contribution >= 0.6 is 0 Å². The van der Waals surface area contributed by atoms with E-state index in [1.165, 1.54) is 0 Å². The Kier molecular flexibility index (Phi) is 11.4. The van der Waals surface area contributed by atoms with E-state index in [0.717, 1.165) is 22.1 Å². The van der Waals surface area contributed by atoms with Crippen molar-refractivity contribution in [3.8, 4) is 0 Å². The molecule has 2 atom stereocenters. The van der Waals surface area contributed by atoms with Crippen molar-refractivity contribution < 1.29 is 24.7 Å². The summed E-state index contributed by atoms with van der Waals surface area (Å²) in [5.74, 6) is 0. The Hall–Kier alpha value is -0.200. The molecule has 0 aromatic carbocycles. The average molecular weight is 252 g/mol. The summed E-state index contributed by atoms with van der Waals surface area (Å²) < 4.78 is 1.66. The van der Waals surface area contributed by atoms with Gasteiger partial charge in [-0.3, -0.25) is 0 Å². The van der Waals surface area contributed by atoms with Crippen LogP contribution in [-0.2, 0) is 5.48 Å². The first-order valence-corrected chi connectivity index (χ1v) is 5.80. The zero-order chi connectivity index (χ0) is 13.6. The van der Waals surface area contributed by atoms with Gasteiger partial charge in [0.15, 0.2) is 0 Å². The van der Waals surface area contributed by atoms with E-state index in [2.05, 4.69) is 42.3 Å². The molecule has 0 heterocycles. The van der Waals surface area contributed by atoms with Crippen LogP contribution in [0.15, 0.2) is 0 Å².